The van der Waals surface area contributed by atoms with Gasteiger partial charge in [-0.25, -0.2) is 4.98 Å². The molecule has 2 aromatic carbocycles. The predicted octanol–water partition coefficient (Wildman–Crippen LogP) is 3.77. The molecule has 2 aliphatic rings. The second-order valence-electron chi connectivity index (χ2n) is 9.65. The number of hydrogen-bond acceptors (Lipinski definition) is 5. The van der Waals surface area contributed by atoms with Crippen molar-refractivity contribution in [1.82, 2.24) is 14.5 Å². The predicted molar refractivity (Wildman–Crippen MR) is 133 cm³/mol. The van der Waals surface area contributed by atoms with Crippen molar-refractivity contribution in [2.24, 2.45) is 0 Å². The molecule has 3 aromatic rings. The van der Waals surface area contributed by atoms with Gasteiger partial charge in [0.05, 0.1) is 18.8 Å². The van der Waals surface area contributed by atoms with Crippen LogP contribution in [0, 0.1) is 0 Å². The molecule has 0 bridgehead atoms. The van der Waals surface area contributed by atoms with Gasteiger partial charge in [0, 0.05) is 31.5 Å². The molecule has 2 unspecified atom stereocenters. The number of likely N-dealkylation sites (tertiary alicyclic amines) is 1. The maximum absolute atomic E-state index is 9.88. The van der Waals surface area contributed by atoms with Crippen molar-refractivity contribution >= 4 is 6.08 Å². The van der Waals surface area contributed by atoms with Crippen LogP contribution in [-0.2, 0) is 0 Å². The van der Waals surface area contributed by atoms with Crippen LogP contribution in [0.15, 0.2) is 67.0 Å². The number of hydrogen-bond donors (Lipinski definition) is 3. The first-order valence-electron chi connectivity index (χ1n) is 12.1. The van der Waals surface area contributed by atoms with E-state index in [9.17, 15) is 15.3 Å². The first-order chi connectivity index (χ1) is 16.5. The molecule has 2 heterocycles. The summed E-state index contributed by atoms with van der Waals surface area (Å²) in [4.78, 5) is 6.59. The van der Waals surface area contributed by atoms with Gasteiger partial charge in [-0.2, -0.15) is 0 Å². The second-order valence-corrected chi connectivity index (χ2v) is 9.65. The Morgan fingerprint density at radius 3 is 2.26 bits per heavy atom. The largest absolute Gasteiger partial charge is 0.394 e. The molecule has 6 nitrogen and oxygen atoms in total. The molecule has 1 aliphatic heterocycles. The van der Waals surface area contributed by atoms with Crippen LogP contribution in [0.4, 0.5) is 0 Å². The average molecular weight is 460 g/mol. The van der Waals surface area contributed by atoms with Crippen LogP contribution < -0.4 is 0 Å². The highest BCUT2D eigenvalue weighted by molar-refractivity contribution is 5.66. The highest BCUT2D eigenvalue weighted by atomic mass is 16.3. The van der Waals surface area contributed by atoms with E-state index in [1.54, 1.807) is 23.9 Å². The summed E-state index contributed by atoms with van der Waals surface area (Å²) in [6, 6.07) is 17.7. The van der Waals surface area contributed by atoms with Crippen molar-refractivity contribution in [3.05, 3.63) is 84.0 Å². The molecule has 2 fully saturated rings. The van der Waals surface area contributed by atoms with Crippen molar-refractivity contribution in [2.45, 2.75) is 50.0 Å². The molecule has 1 saturated carbocycles. The lowest BCUT2D eigenvalue weighted by Crippen LogP contribution is -2.58. The standard InChI is InChI=1S/C28H33N3O3/c1-19(33)28-29-12-13-31(28)25(18-32)11-4-20-2-5-21(6-3-20)22-7-9-23(10-8-22)24-14-26(15-24)30-16-27(34)17-30/h2-13,19,24-27,32-34H,14-18H2,1H3/b11-4+. The van der Waals surface area contributed by atoms with Gasteiger partial charge in [0.25, 0.3) is 0 Å². The number of aromatic nitrogens is 2. The van der Waals surface area contributed by atoms with Crippen molar-refractivity contribution < 1.29 is 15.3 Å². The normalized spacial score (nSPS) is 22.9. The number of benzene rings is 2. The van der Waals surface area contributed by atoms with Crippen LogP contribution in [0.1, 0.15) is 54.8 Å². The van der Waals surface area contributed by atoms with E-state index < -0.39 is 6.10 Å². The molecule has 1 saturated heterocycles. The monoisotopic (exact) mass is 459 g/mol. The number of aliphatic hydroxyl groups is 3. The van der Waals surface area contributed by atoms with E-state index in [4.69, 9.17) is 0 Å². The fourth-order valence-corrected chi connectivity index (χ4v) is 5.07. The Kier molecular flexibility index (Phi) is 6.66. The van der Waals surface area contributed by atoms with Crippen LogP contribution in [0.5, 0.6) is 0 Å². The third-order valence-corrected chi connectivity index (χ3v) is 7.27. The molecule has 0 radical (unpaired) electrons. The lowest BCUT2D eigenvalue weighted by molar-refractivity contribution is -0.0494. The summed E-state index contributed by atoms with van der Waals surface area (Å²) in [7, 11) is 0. The van der Waals surface area contributed by atoms with Gasteiger partial charge < -0.3 is 19.9 Å². The molecule has 3 N–H and O–H groups in total. The van der Waals surface area contributed by atoms with Crippen molar-refractivity contribution in [1.29, 1.82) is 0 Å². The maximum Gasteiger partial charge on any atom is 0.137 e. The third-order valence-electron chi connectivity index (χ3n) is 7.27. The fraction of sp³-hybridized carbons (Fsp3) is 0.393. The Morgan fingerprint density at radius 1 is 1.03 bits per heavy atom. The number of imidazole rings is 1. The van der Waals surface area contributed by atoms with E-state index in [-0.39, 0.29) is 18.8 Å². The quantitative estimate of drug-likeness (QED) is 0.478. The van der Waals surface area contributed by atoms with Crippen molar-refractivity contribution in [2.75, 3.05) is 19.7 Å². The summed E-state index contributed by atoms with van der Waals surface area (Å²) in [5.74, 6) is 1.17. The summed E-state index contributed by atoms with van der Waals surface area (Å²) in [5.41, 5.74) is 4.84. The first-order valence-corrected chi connectivity index (χ1v) is 12.1. The topological polar surface area (TPSA) is 81.8 Å². The molecule has 1 aromatic heterocycles. The highest BCUT2D eigenvalue weighted by Gasteiger charge is 2.39. The van der Waals surface area contributed by atoms with E-state index in [0.717, 1.165) is 18.7 Å². The van der Waals surface area contributed by atoms with Gasteiger partial charge in [0.1, 0.15) is 11.9 Å². The molecule has 0 amide bonds. The molecule has 178 valence electrons. The van der Waals surface area contributed by atoms with Gasteiger partial charge >= 0.3 is 0 Å². The number of β-amino-alcohol motifs (C(OH)–C–C–N with tert-alkyl or cyclic N) is 1. The zero-order valence-corrected chi connectivity index (χ0v) is 19.5. The van der Waals surface area contributed by atoms with E-state index in [0.29, 0.717) is 17.8 Å². The van der Waals surface area contributed by atoms with Crippen LogP contribution in [0.25, 0.3) is 17.2 Å². The van der Waals surface area contributed by atoms with Gasteiger partial charge in [0.2, 0.25) is 0 Å². The van der Waals surface area contributed by atoms with E-state index >= 15 is 0 Å². The first kappa shape index (κ1) is 23.0. The molecule has 34 heavy (non-hydrogen) atoms. The van der Waals surface area contributed by atoms with Gasteiger partial charge in [0.15, 0.2) is 0 Å². The fourth-order valence-electron chi connectivity index (χ4n) is 5.07. The van der Waals surface area contributed by atoms with Gasteiger partial charge in [-0.3, -0.25) is 4.90 Å². The van der Waals surface area contributed by atoms with Crippen LogP contribution in [-0.4, -0.2) is 61.6 Å². The zero-order valence-electron chi connectivity index (χ0n) is 19.5. The minimum absolute atomic E-state index is 0.0707. The van der Waals surface area contributed by atoms with Crippen LogP contribution >= 0.6 is 0 Å². The lowest BCUT2D eigenvalue weighted by atomic mass is 9.74. The minimum atomic E-state index is -0.691. The highest BCUT2D eigenvalue weighted by Crippen LogP contribution is 2.41. The molecule has 5 rings (SSSR count). The SMILES string of the molecule is CC(O)c1nccn1C(/C=C/c1ccc(-c2ccc(C3CC(N4CC(O)C4)C3)cc2)cc1)CO. The Hall–Kier alpha value is -2.77. The van der Waals surface area contributed by atoms with Crippen LogP contribution in [0.2, 0.25) is 0 Å². The van der Waals surface area contributed by atoms with Crippen molar-refractivity contribution in [3.63, 3.8) is 0 Å². The summed E-state index contributed by atoms with van der Waals surface area (Å²) < 4.78 is 1.80. The van der Waals surface area contributed by atoms with E-state index in [1.807, 2.05) is 12.2 Å². The molecular weight excluding hydrogens is 426 g/mol. The third kappa shape index (κ3) is 4.72. The van der Waals surface area contributed by atoms with Gasteiger partial charge in [-0.15, -0.1) is 0 Å². The number of aliphatic hydroxyl groups excluding tert-OH is 3. The molecule has 6 heteroatoms. The lowest BCUT2D eigenvalue weighted by Gasteiger charge is -2.49. The summed E-state index contributed by atoms with van der Waals surface area (Å²) in [6.45, 7) is 3.28. The Bertz CT molecular complexity index is 1110. The summed E-state index contributed by atoms with van der Waals surface area (Å²) in [6.07, 6.45) is 8.92. The van der Waals surface area contributed by atoms with Crippen LogP contribution in [0.3, 0.4) is 0 Å². The summed E-state index contributed by atoms with van der Waals surface area (Å²) in [5, 5.41) is 29.2. The maximum atomic E-state index is 9.88. The Morgan fingerprint density at radius 2 is 1.68 bits per heavy atom. The minimum Gasteiger partial charge on any atom is -0.394 e. The molecule has 2 atom stereocenters. The Balaban J connectivity index is 1.20. The van der Waals surface area contributed by atoms with Gasteiger partial charge in [-0.1, -0.05) is 60.7 Å². The van der Waals surface area contributed by atoms with E-state index in [2.05, 4.69) is 58.4 Å². The second kappa shape index (κ2) is 9.84. The Labute approximate surface area is 200 Å². The average Bonchev–Trinajstić information content (AvgIpc) is 3.28. The molecular formula is C28H33N3O3. The number of rotatable bonds is 8. The van der Waals surface area contributed by atoms with Gasteiger partial charge in [-0.05, 0) is 47.9 Å². The smallest absolute Gasteiger partial charge is 0.137 e. The molecule has 1 aliphatic carbocycles. The van der Waals surface area contributed by atoms with E-state index in [1.165, 1.54) is 29.5 Å². The molecule has 0 spiro atoms. The summed E-state index contributed by atoms with van der Waals surface area (Å²) >= 11 is 0. The van der Waals surface area contributed by atoms with Crippen molar-refractivity contribution in [3.8, 4) is 11.1 Å². The number of nitrogens with zero attached hydrogens (tertiary/aromatic N) is 3. The zero-order chi connectivity index (χ0) is 23.7.